The number of anilines is 1. The summed E-state index contributed by atoms with van der Waals surface area (Å²) in [6.07, 6.45) is -3.35. The predicted octanol–water partition coefficient (Wildman–Crippen LogP) is 3.46. The number of likely N-dealkylation sites (tertiary alicyclic amines) is 1. The van der Waals surface area contributed by atoms with Crippen molar-refractivity contribution in [3.8, 4) is 0 Å². The van der Waals surface area contributed by atoms with Gasteiger partial charge in [-0.15, -0.1) is 0 Å². The van der Waals surface area contributed by atoms with Crippen LogP contribution in [0.15, 0.2) is 12.1 Å². The van der Waals surface area contributed by atoms with Gasteiger partial charge in [-0.05, 0) is 18.9 Å². The Morgan fingerprint density at radius 3 is 2.22 bits per heavy atom. The van der Waals surface area contributed by atoms with E-state index in [2.05, 4.69) is 0 Å². The van der Waals surface area contributed by atoms with E-state index in [9.17, 15) is 28.1 Å². The Morgan fingerprint density at radius 1 is 1.26 bits per heavy atom. The number of benzene rings is 1. The minimum absolute atomic E-state index is 0.370. The number of nitrogens with zero attached hydrogens (tertiary/aromatic N) is 2. The Kier molecular flexibility index (Phi) is 5.94. The van der Waals surface area contributed by atoms with Crippen LogP contribution in [0.3, 0.4) is 0 Å². The number of carbonyl (C=O) groups excluding carboxylic acids is 1. The lowest BCUT2D eigenvalue weighted by atomic mass is 10.1. The van der Waals surface area contributed by atoms with Gasteiger partial charge in [0.1, 0.15) is 5.69 Å². The molecule has 23 heavy (non-hydrogen) atoms. The average Bonchev–Trinajstić information content (AvgIpc) is 3.01. The lowest BCUT2D eigenvalue weighted by Crippen LogP contribution is -2.28. The molecule has 1 heterocycles. The van der Waals surface area contributed by atoms with E-state index in [1.54, 1.807) is 0 Å². The Hall–Kier alpha value is -2.32. The zero-order chi connectivity index (χ0) is 17.8. The van der Waals surface area contributed by atoms with Crippen molar-refractivity contribution in [2.45, 2.75) is 32.9 Å². The van der Waals surface area contributed by atoms with E-state index in [0.717, 1.165) is 18.9 Å². The van der Waals surface area contributed by atoms with Crippen molar-refractivity contribution in [1.29, 1.82) is 0 Å². The first kappa shape index (κ1) is 18.7. The van der Waals surface area contributed by atoms with Crippen molar-refractivity contribution < 1.29 is 22.9 Å². The molecule has 1 saturated heterocycles. The maximum atomic E-state index is 12.9. The van der Waals surface area contributed by atoms with Crippen molar-refractivity contribution in [1.82, 2.24) is 4.90 Å². The third-order valence-electron chi connectivity index (χ3n) is 3.30. The second-order valence-corrected chi connectivity index (χ2v) is 4.71. The maximum Gasteiger partial charge on any atom is 0.418 e. The number of amides is 1. The van der Waals surface area contributed by atoms with Crippen LogP contribution in [0, 0.1) is 10.1 Å². The minimum atomic E-state index is -4.86. The highest BCUT2D eigenvalue weighted by Crippen LogP contribution is 2.39. The van der Waals surface area contributed by atoms with Crippen molar-refractivity contribution in [3.05, 3.63) is 33.4 Å². The molecule has 0 aromatic heterocycles. The Bertz CT molecular complexity index is 597. The molecule has 0 unspecified atom stereocenters. The molecule has 1 aromatic carbocycles. The molecule has 0 radical (unpaired) electrons. The molecular weight excluding hydrogens is 315 g/mol. The van der Waals surface area contributed by atoms with Gasteiger partial charge in [0.05, 0.1) is 10.5 Å². The van der Waals surface area contributed by atoms with Crippen molar-refractivity contribution in [3.63, 3.8) is 0 Å². The van der Waals surface area contributed by atoms with Gasteiger partial charge in [-0.1, -0.05) is 13.8 Å². The van der Waals surface area contributed by atoms with Crippen LogP contribution >= 0.6 is 0 Å². The van der Waals surface area contributed by atoms with Crippen LogP contribution in [0.25, 0.3) is 0 Å². The Balaban J connectivity index is 0.00000127. The molecule has 0 aliphatic carbocycles. The molecule has 1 amide bonds. The van der Waals surface area contributed by atoms with Crippen LogP contribution < -0.4 is 5.73 Å². The summed E-state index contributed by atoms with van der Waals surface area (Å²) in [5.74, 6) is -0.652. The number of nitrogen functional groups attached to an aromatic ring is 1. The highest BCUT2D eigenvalue weighted by atomic mass is 19.4. The van der Waals surface area contributed by atoms with Crippen LogP contribution in [0.5, 0.6) is 0 Å². The fourth-order valence-electron chi connectivity index (χ4n) is 2.25. The number of hydrogen-bond donors (Lipinski definition) is 1. The summed E-state index contributed by atoms with van der Waals surface area (Å²) in [6.45, 7) is 4.86. The topological polar surface area (TPSA) is 89.5 Å². The normalized spacial score (nSPS) is 14.2. The first-order valence-corrected chi connectivity index (χ1v) is 7.16. The Labute approximate surface area is 131 Å². The molecule has 0 bridgehead atoms. The molecule has 1 aromatic rings. The molecule has 128 valence electrons. The largest absolute Gasteiger partial charge is 0.418 e. The van der Waals surface area contributed by atoms with Gasteiger partial charge in [0.15, 0.2) is 0 Å². The van der Waals surface area contributed by atoms with E-state index in [4.69, 9.17) is 5.73 Å². The SMILES string of the molecule is CC.Nc1c([N+](=O)[O-])cc(C(=O)N2CCCC2)cc1C(F)(F)F. The summed E-state index contributed by atoms with van der Waals surface area (Å²) >= 11 is 0. The van der Waals surface area contributed by atoms with Gasteiger partial charge in [-0.2, -0.15) is 13.2 Å². The molecule has 0 atom stereocenters. The van der Waals surface area contributed by atoms with Gasteiger partial charge in [-0.3, -0.25) is 14.9 Å². The third-order valence-corrected chi connectivity index (χ3v) is 3.30. The number of carbonyl (C=O) groups is 1. The van der Waals surface area contributed by atoms with Gasteiger partial charge in [-0.25, -0.2) is 0 Å². The van der Waals surface area contributed by atoms with Crippen molar-refractivity contribution >= 4 is 17.3 Å². The number of rotatable bonds is 2. The van der Waals surface area contributed by atoms with E-state index < -0.39 is 33.9 Å². The standard InChI is InChI=1S/C12H12F3N3O3.C2H6/c13-12(14,15)8-5-7(6-9(10(8)16)18(20)21)11(19)17-3-1-2-4-17;1-2/h5-6H,1-4,16H2;1-2H3. The molecule has 6 nitrogen and oxygen atoms in total. The van der Waals surface area contributed by atoms with Gasteiger partial charge < -0.3 is 10.6 Å². The van der Waals surface area contributed by atoms with E-state index >= 15 is 0 Å². The van der Waals surface area contributed by atoms with Crippen LogP contribution in [0.1, 0.15) is 42.6 Å². The molecular formula is C14H18F3N3O3. The summed E-state index contributed by atoms with van der Waals surface area (Å²) in [7, 11) is 0. The van der Waals surface area contributed by atoms with Crippen molar-refractivity contribution in [2.75, 3.05) is 18.8 Å². The summed E-state index contributed by atoms with van der Waals surface area (Å²) in [5, 5.41) is 10.8. The molecule has 0 spiro atoms. The van der Waals surface area contributed by atoms with Crippen molar-refractivity contribution in [2.24, 2.45) is 0 Å². The number of alkyl halides is 3. The second-order valence-electron chi connectivity index (χ2n) is 4.71. The lowest BCUT2D eigenvalue weighted by Gasteiger charge is -2.17. The molecule has 1 aliphatic heterocycles. The minimum Gasteiger partial charge on any atom is -0.393 e. The molecule has 1 fully saturated rings. The number of nitrogens with two attached hydrogens (primary N) is 1. The summed E-state index contributed by atoms with van der Waals surface area (Å²) in [4.78, 5) is 23.3. The summed E-state index contributed by atoms with van der Waals surface area (Å²) in [5.41, 5.74) is 1.58. The molecule has 0 saturated carbocycles. The quantitative estimate of drug-likeness (QED) is 0.510. The second kappa shape index (κ2) is 7.30. The monoisotopic (exact) mass is 333 g/mol. The average molecular weight is 333 g/mol. The van der Waals surface area contributed by atoms with E-state index in [0.29, 0.717) is 19.2 Å². The van der Waals surface area contributed by atoms with Crippen LogP contribution in [0.4, 0.5) is 24.5 Å². The van der Waals surface area contributed by atoms with Gasteiger partial charge in [0, 0.05) is 24.7 Å². The zero-order valence-corrected chi connectivity index (χ0v) is 12.8. The third kappa shape index (κ3) is 4.11. The highest BCUT2D eigenvalue weighted by molar-refractivity contribution is 5.96. The molecule has 2 rings (SSSR count). The van der Waals surface area contributed by atoms with Crippen LogP contribution in [-0.2, 0) is 6.18 Å². The van der Waals surface area contributed by atoms with Gasteiger partial charge >= 0.3 is 6.18 Å². The molecule has 1 aliphatic rings. The van der Waals surface area contributed by atoms with E-state index in [1.807, 2.05) is 13.8 Å². The number of nitro groups is 1. The maximum absolute atomic E-state index is 12.9. The highest BCUT2D eigenvalue weighted by Gasteiger charge is 2.37. The summed E-state index contributed by atoms with van der Waals surface area (Å²) in [6, 6.07) is 1.37. The van der Waals surface area contributed by atoms with E-state index in [1.165, 1.54) is 4.90 Å². The fourth-order valence-corrected chi connectivity index (χ4v) is 2.25. The van der Waals surface area contributed by atoms with Crippen LogP contribution in [-0.4, -0.2) is 28.8 Å². The van der Waals surface area contributed by atoms with Crippen LogP contribution in [0.2, 0.25) is 0 Å². The first-order chi connectivity index (χ1) is 10.7. The Morgan fingerprint density at radius 2 is 1.78 bits per heavy atom. The number of halogens is 3. The van der Waals surface area contributed by atoms with Gasteiger partial charge in [0.25, 0.3) is 11.6 Å². The number of hydrogen-bond acceptors (Lipinski definition) is 4. The predicted molar refractivity (Wildman–Crippen MR) is 79.0 cm³/mol. The van der Waals surface area contributed by atoms with E-state index in [-0.39, 0.29) is 5.56 Å². The molecule has 9 heteroatoms. The van der Waals surface area contributed by atoms with Gasteiger partial charge in [0.2, 0.25) is 0 Å². The first-order valence-electron chi connectivity index (χ1n) is 7.16. The smallest absolute Gasteiger partial charge is 0.393 e. The lowest BCUT2D eigenvalue weighted by molar-refractivity contribution is -0.384. The zero-order valence-electron chi connectivity index (χ0n) is 12.8. The fraction of sp³-hybridized carbons (Fsp3) is 0.500. The molecule has 2 N–H and O–H groups in total. The summed E-state index contributed by atoms with van der Waals surface area (Å²) < 4.78 is 38.7. The number of nitro benzene ring substituents is 1.